The average Bonchev–Trinajstić information content (AvgIpc) is 2.72. The minimum atomic E-state index is -3.82. The van der Waals surface area contributed by atoms with Crippen LogP contribution in [0.5, 0.6) is 0 Å². The summed E-state index contributed by atoms with van der Waals surface area (Å²) < 4.78 is 25.8. The quantitative estimate of drug-likeness (QED) is 0.810. The lowest BCUT2D eigenvalue weighted by molar-refractivity contribution is -0.122. The van der Waals surface area contributed by atoms with Crippen LogP contribution in [-0.4, -0.2) is 49.3 Å². The first kappa shape index (κ1) is 14.0. The maximum atomic E-state index is 12.3. The minimum absolute atomic E-state index is 0.0301. The number of hydrogen-bond donors (Lipinski definition) is 2. The number of carbonyl (C=O) groups is 2. The smallest absolute Gasteiger partial charge is 0.345 e. The van der Waals surface area contributed by atoms with E-state index < -0.39 is 16.0 Å². The lowest BCUT2D eigenvalue weighted by Crippen LogP contribution is -2.49. The summed E-state index contributed by atoms with van der Waals surface area (Å²) in [4.78, 5) is 22.4. The molecular weight excluding hydrogens is 292 g/mol. The molecule has 7 nitrogen and oxygen atoms in total. The van der Waals surface area contributed by atoms with Crippen LogP contribution in [0.2, 0.25) is 0 Å². The molecule has 1 saturated heterocycles. The molecule has 9 heteroatoms. The summed E-state index contributed by atoms with van der Waals surface area (Å²) in [7, 11) is -3.82. The molecule has 0 aromatic carbocycles. The SMILES string of the molecule is Cc1sc(C(=O)O)cc1S(=O)(=O)N1CCNC(=O)C1. The van der Waals surface area contributed by atoms with Gasteiger partial charge in [-0.05, 0) is 13.0 Å². The molecule has 0 bridgehead atoms. The Hall–Kier alpha value is -1.45. The number of aromatic carboxylic acids is 1. The van der Waals surface area contributed by atoms with Crippen LogP contribution in [0.15, 0.2) is 11.0 Å². The molecule has 1 amide bonds. The fraction of sp³-hybridized carbons (Fsp3) is 0.400. The number of carboxylic acid groups (broad SMARTS) is 1. The molecule has 0 saturated carbocycles. The Bertz CT molecular complexity index is 634. The Morgan fingerprint density at radius 2 is 2.21 bits per heavy atom. The summed E-state index contributed by atoms with van der Waals surface area (Å²) in [5.41, 5.74) is 0. The number of nitrogens with zero attached hydrogens (tertiary/aromatic N) is 1. The standard InChI is InChI=1S/C10H12N2O5S2/c1-6-8(4-7(18-6)10(14)15)19(16,17)12-3-2-11-9(13)5-12/h4H,2-3,5H2,1H3,(H,11,13)(H,14,15). The van der Waals surface area contributed by atoms with Crippen LogP contribution in [0.25, 0.3) is 0 Å². The van der Waals surface area contributed by atoms with Crippen LogP contribution in [0.3, 0.4) is 0 Å². The number of hydrogen-bond acceptors (Lipinski definition) is 5. The second-order valence-electron chi connectivity index (χ2n) is 4.02. The molecule has 1 aromatic heterocycles. The largest absolute Gasteiger partial charge is 0.477 e. The third kappa shape index (κ3) is 2.62. The lowest BCUT2D eigenvalue weighted by Gasteiger charge is -2.25. The van der Waals surface area contributed by atoms with Crippen molar-refractivity contribution in [3.63, 3.8) is 0 Å². The second-order valence-corrected chi connectivity index (χ2v) is 7.19. The molecule has 2 heterocycles. The molecule has 0 spiro atoms. The van der Waals surface area contributed by atoms with Crippen molar-refractivity contribution in [2.45, 2.75) is 11.8 Å². The highest BCUT2D eigenvalue weighted by atomic mass is 32.2. The number of nitrogens with one attached hydrogen (secondary N) is 1. The molecule has 1 aliphatic heterocycles. The molecule has 2 rings (SSSR count). The normalized spacial score (nSPS) is 17.2. The van der Waals surface area contributed by atoms with Gasteiger partial charge in [-0.3, -0.25) is 4.79 Å². The summed E-state index contributed by atoms with van der Waals surface area (Å²) in [5, 5.41) is 11.4. The molecule has 19 heavy (non-hydrogen) atoms. The summed E-state index contributed by atoms with van der Waals surface area (Å²) in [5.74, 6) is -1.52. The number of carbonyl (C=O) groups excluding carboxylic acids is 1. The van der Waals surface area contributed by atoms with Crippen molar-refractivity contribution in [1.29, 1.82) is 0 Å². The predicted molar refractivity (Wildman–Crippen MR) is 67.8 cm³/mol. The first-order valence-electron chi connectivity index (χ1n) is 5.43. The molecular formula is C10H12N2O5S2. The molecule has 0 unspecified atom stereocenters. The maximum Gasteiger partial charge on any atom is 0.345 e. The first-order chi connectivity index (χ1) is 8.82. The van der Waals surface area contributed by atoms with Crippen LogP contribution in [-0.2, 0) is 14.8 Å². The van der Waals surface area contributed by atoms with Crippen molar-refractivity contribution in [3.05, 3.63) is 15.8 Å². The number of sulfonamides is 1. The number of piperazine rings is 1. The van der Waals surface area contributed by atoms with Crippen molar-refractivity contribution in [2.24, 2.45) is 0 Å². The van der Waals surface area contributed by atoms with E-state index in [1.165, 1.54) is 0 Å². The fourth-order valence-electron chi connectivity index (χ4n) is 1.79. The molecule has 2 N–H and O–H groups in total. The highest BCUT2D eigenvalue weighted by Crippen LogP contribution is 2.28. The van der Waals surface area contributed by atoms with Crippen molar-refractivity contribution < 1.29 is 23.1 Å². The van der Waals surface area contributed by atoms with E-state index in [-0.39, 0.29) is 35.3 Å². The van der Waals surface area contributed by atoms with Crippen LogP contribution in [0.1, 0.15) is 14.5 Å². The minimum Gasteiger partial charge on any atom is -0.477 e. The van der Waals surface area contributed by atoms with Crippen LogP contribution < -0.4 is 5.32 Å². The molecule has 1 aromatic rings. The van der Waals surface area contributed by atoms with Gasteiger partial charge in [0.25, 0.3) is 0 Å². The van der Waals surface area contributed by atoms with Crippen molar-refractivity contribution in [1.82, 2.24) is 9.62 Å². The highest BCUT2D eigenvalue weighted by molar-refractivity contribution is 7.89. The van der Waals surface area contributed by atoms with E-state index >= 15 is 0 Å². The molecule has 104 valence electrons. The third-order valence-corrected chi connectivity index (χ3v) is 5.84. The average molecular weight is 304 g/mol. The van der Waals surface area contributed by atoms with Crippen LogP contribution in [0.4, 0.5) is 0 Å². The fourth-order valence-corrected chi connectivity index (χ4v) is 4.58. The summed E-state index contributed by atoms with van der Waals surface area (Å²) in [6.45, 7) is 1.76. The van der Waals surface area contributed by atoms with Crippen LogP contribution >= 0.6 is 11.3 Å². The zero-order chi connectivity index (χ0) is 14.2. The topological polar surface area (TPSA) is 104 Å². The van der Waals surface area contributed by atoms with Gasteiger partial charge in [0.1, 0.15) is 4.88 Å². The maximum absolute atomic E-state index is 12.3. The lowest BCUT2D eigenvalue weighted by atomic mass is 10.4. The predicted octanol–water partition coefficient (Wildman–Crippen LogP) is -0.125. The van der Waals surface area contributed by atoms with E-state index in [1.807, 2.05) is 0 Å². The van der Waals surface area contributed by atoms with E-state index in [2.05, 4.69) is 5.32 Å². The van der Waals surface area contributed by atoms with E-state index in [1.54, 1.807) is 6.92 Å². The Kier molecular flexibility index (Phi) is 3.61. The molecule has 0 atom stereocenters. The van der Waals surface area contributed by atoms with Gasteiger partial charge in [-0.2, -0.15) is 4.31 Å². The van der Waals surface area contributed by atoms with Crippen LogP contribution in [0, 0.1) is 6.92 Å². The zero-order valence-electron chi connectivity index (χ0n) is 10.0. The van der Waals surface area contributed by atoms with Gasteiger partial charge in [0.2, 0.25) is 15.9 Å². The van der Waals surface area contributed by atoms with Gasteiger partial charge in [-0.15, -0.1) is 11.3 Å². The number of carboxylic acids is 1. The highest BCUT2D eigenvalue weighted by Gasteiger charge is 2.32. The van der Waals surface area contributed by atoms with E-state index in [0.717, 1.165) is 21.7 Å². The summed E-state index contributed by atoms with van der Waals surface area (Å²) >= 11 is 0.908. The zero-order valence-corrected chi connectivity index (χ0v) is 11.7. The van der Waals surface area contributed by atoms with Gasteiger partial charge in [0, 0.05) is 18.0 Å². The van der Waals surface area contributed by atoms with Crippen molar-refractivity contribution >= 4 is 33.2 Å². The Morgan fingerprint density at radius 1 is 1.53 bits per heavy atom. The van der Waals surface area contributed by atoms with E-state index in [9.17, 15) is 18.0 Å². The molecule has 1 fully saturated rings. The molecule has 0 radical (unpaired) electrons. The second kappa shape index (κ2) is 4.91. The van der Waals surface area contributed by atoms with E-state index in [0.29, 0.717) is 4.88 Å². The van der Waals surface area contributed by atoms with Gasteiger partial charge in [-0.25, -0.2) is 13.2 Å². The number of aryl methyl sites for hydroxylation is 1. The van der Waals surface area contributed by atoms with Crippen molar-refractivity contribution in [3.8, 4) is 0 Å². The molecule has 0 aliphatic carbocycles. The van der Waals surface area contributed by atoms with Crippen molar-refractivity contribution in [2.75, 3.05) is 19.6 Å². The van der Waals surface area contributed by atoms with Gasteiger partial charge in [-0.1, -0.05) is 0 Å². The number of rotatable bonds is 3. The number of thiophene rings is 1. The Morgan fingerprint density at radius 3 is 2.74 bits per heavy atom. The summed E-state index contributed by atoms with van der Waals surface area (Å²) in [6, 6.07) is 1.14. The first-order valence-corrected chi connectivity index (χ1v) is 7.68. The van der Waals surface area contributed by atoms with E-state index in [4.69, 9.17) is 5.11 Å². The van der Waals surface area contributed by atoms with Gasteiger partial charge < -0.3 is 10.4 Å². The van der Waals surface area contributed by atoms with Gasteiger partial charge in [0.15, 0.2) is 0 Å². The molecule has 1 aliphatic rings. The number of amides is 1. The Labute approximate surface area is 113 Å². The van der Waals surface area contributed by atoms with Gasteiger partial charge in [0.05, 0.1) is 11.4 Å². The Balaban J connectivity index is 2.39. The third-order valence-electron chi connectivity index (χ3n) is 2.70. The monoisotopic (exact) mass is 304 g/mol. The summed E-state index contributed by atoms with van der Waals surface area (Å²) in [6.07, 6.45) is 0. The van der Waals surface area contributed by atoms with Gasteiger partial charge >= 0.3 is 5.97 Å².